The van der Waals surface area contributed by atoms with Gasteiger partial charge in [0.05, 0.1) is 16.6 Å². The van der Waals surface area contributed by atoms with E-state index in [-0.39, 0.29) is 11.4 Å². The minimum atomic E-state index is -0.295. The van der Waals surface area contributed by atoms with Gasteiger partial charge in [-0.1, -0.05) is 12.1 Å². The topological polar surface area (TPSA) is 59.3 Å². The highest BCUT2D eigenvalue weighted by molar-refractivity contribution is 5.99. The zero-order valence-corrected chi connectivity index (χ0v) is 12.9. The van der Waals surface area contributed by atoms with E-state index in [0.29, 0.717) is 29.0 Å². The number of benzene rings is 2. The van der Waals surface area contributed by atoms with Crippen LogP contribution in [0.2, 0.25) is 0 Å². The van der Waals surface area contributed by atoms with Gasteiger partial charge in [0, 0.05) is 6.54 Å². The lowest BCUT2D eigenvalue weighted by atomic mass is 10.1. The normalized spacial score (nSPS) is 15.5. The van der Waals surface area contributed by atoms with Crippen molar-refractivity contribution < 1.29 is 4.39 Å². The Bertz CT molecular complexity index is 992. The maximum absolute atomic E-state index is 13.0. The monoisotopic (exact) mass is 322 g/mol. The van der Waals surface area contributed by atoms with Gasteiger partial charge in [0.1, 0.15) is 11.5 Å². The van der Waals surface area contributed by atoms with Gasteiger partial charge in [-0.3, -0.25) is 14.8 Å². The lowest BCUT2D eigenvalue weighted by molar-refractivity contribution is 0.597. The third-order valence-electron chi connectivity index (χ3n) is 4.08. The van der Waals surface area contributed by atoms with Crippen LogP contribution in [0, 0.1) is 5.82 Å². The van der Waals surface area contributed by atoms with Crippen LogP contribution in [-0.4, -0.2) is 15.3 Å². The number of halogens is 1. The highest BCUT2D eigenvalue weighted by Crippen LogP contribution is 2.16. The molecule has 0 aliphatic carbocycles. The molecule has 0 amide bonds. The number of nitrogens with one attached hydrogen (secondary N) is 1. The van der Waals surface area contributed by atoms with Crippen molar-refractivity contribution in [2.45, 2.75) is 19.4 Å². The minimum Gasteiger partial charge on any atom is -0.291 e. The Labute approximate surface area is 137 Å². The molecule has 2 heterocycles. The summed E-state index contributed by atoms with van der Waals surface area (Å²) in [4.78, 5) is 17.3. The molecule has 4 rings (SSSR count). The molecule has 0 atom stereocenters. The van der Waals surface area contributed by atoms with Gasteiger partial charge in [0.2, 0.25) is 0 Å². The Hall–Kier alpha value is -3.02. The average Bonchev–Trinajstić information content (AvgIpc) is 2.62. The van der Waals surface area contributed by atoms with E-state index in [1.807, 2.05) is 18.2 Å². The van der Waals surface area contributed by atoms with Crippen molar-refractivity contribution in [2.24, 2.45) is 5.10 Å². The van der Waals surface area contributed by atoms with Gasteiger partial charge in [-0.25, -0.2) is 9.37 Å². The summed E-state index contributed by atoms with van der Waals surface area (Å²) in [6.07, 6.45) is 1.57. The zero-order chi connectivity index (χ0) is 16.5. The van der Waals surface area contributed by atoms with Crippen molar-refractivity contribution in [1.29, 1.82) is 0 Å². The van der Waals surface area contributed by atoms with Gasteiger partial charge in [-0.15, -0.1) is 0 Å². The second kappa shape index (κ2) is 5.88. The van der Waals surface area contributed by atoms with E-state index >= 15 is 0 Å². The van der Waals surface area contributed by atoms with Crippen LogP contribution in [0.5, 0.6) is 0 Å². The number of nitrogens with zero attached hydrogens (tertiary/aromatic N) is 3. The lowest BCUT2D eigenvalue weighted by Gasteiger charge is -2.19. The summed E-state index contributed by atoms with van der Waals surface area (Å²) >= 11 is 0. The number of hydrogen-bond donors (Lipinski definition) is 1. The minimum absolute atomic E-state index is 0.0372. The molecule has 0 bridgehead atoms. The molecule has 0 saturated carbocycles. The highest BCUT2D eigenvalue weighted by atomic mass is 19.1. The zero-order valence-electron chi connectivity index (χ0n) is 12.9. The molecule has 0 saturated heterocycles. The predicted octanol–water partition coefficient (Wildman–Crippen LogP) is 3.15. The Morgan fingerprint density at radius 3 is 2.75 bits per heavy atom. The first-order valence-electron chi connectivity index (χ1n) is 7.80. The Morgan fingerprint density at radius 1 is 1.12 bits per heavy atom. The number of aromatic nitrogens is 2. The van der Waals surface area contributed by atoms with E-state index < -0.39 is 0 Å². The van der Waals surface area contributed by atoms with E-state index in [1.54, 1.807) is 22.8 Å². The molecule has 2 aromatic carbocycles. The standard InChI is InChI=1S/C18H15FN4O/c19-12-7-9-13(10-8-12)21-22-16-6-3-11-23-17(16)20-15-5-2-1-4-14(15)18(23)24/h1-2,4-5,7-10,21H,3,6,11H2/b22-16+. The molecule has 1 aromatic heterocycles. The first-order chi connectivity index (χ1) is 11.7. The van der Waals surface area contributed by atoms with Crippen molar-refractivity contribution in [1.82, 2.24) is 9.55 Å². The molecule has 0 unspecified atom stereocenters. The number of hydrazone groups is 1. The van der Waals surface area contributed by atoms with Gasteiger partial charge >= 0.3 is 0 Å². The lowest BCUT2D eigenvalue weighted by Crippen LogP contribution is -2.32. The maximum atomic E-state index is 13.0. The van der Waals surface area contributed by atoms with E-state index in [2.05, 4.69) is 15.5 Å². The Kier molecular flexibility index (Phi) is 3.57. The van der Waals surface area contributed by atoms with Gasteiger partial charge < -0.3 is 0 Å². The second-order valence-corrected chi connectivity index (χ2v) is 5.69. The van der Waals surface area contributed by atoms with Crippen LogP contribution in [0.25, 0.3) is 10.9 Å². The summed E-state index contributed by atoms with van der Waals surface area (Å²) in [7, 11) is 0. The summed E-state index contributed by atoms with van der Waals surface area (Å²) < 4.78 is 14.6. The molecule has 6 heteroatoms. The molecular formula is C18H15FN4O. The van der Waals surface area contributed by atoms with Crippen LogP contribution in [0.3, 0.4) is 0 Å². The van der Waals surface area contributed by atoms with Gasteiger partial charge in [0.25, 0.3) is 5.56 Å². The van der Waals surface area contributed by atoms with Crippen LogP contribution >= 0.6 is 0 Å². The van der Waals surface area contributed by atoms with E-state index in [9.17, 15) is 9.18 Å². The third-order valence-corrected chi connectivity index (χ3v) is 4.08. The SMILES string of the molecule is O=c1c2ccccc2nc2n1CCC/C2=N\Nc1ccc(F)cc1. The number of hydrogen-bond acceptors (Lipinski definition) is 4. The van der Waals surface area contributed by atoms with Gasteiger partial charge in [-0.05, 0) is 49.2 Å². The number of anilines is 1. The van der Waals surface area contributed by atoms with Gasteiger partial charge in [0.15, 0.2) is 5.82 Å². The first kappa shape index (κ1) is 14.6. The summed E-state index contributed by atoms with van der Waals surface area (Å²) in [6.45, 7) is 0.640. The fourth-order valence-electron chi connectivity index (χ4n) is 2.87. The van der Waals surface area contributed by atoms with Crippen LogP contribution in [0.4, 0.5) is 10.1 Å². The molecule has 3 aromatic rings. The van der Waals surface area contributed by atoms with Crippen LogP contribution < -0.4 is 11.0 Å². The quantitative estimate of drug-likeness (QED) is 0.737. The maximum Gasteiger partial charge on any atom is 0.261 e. The van der Waals surface area contributed by atoms with E-state index in [1.165, 1.54) is 12.1 Å². The van der Waals surface area contributed by atoms with Crippen LogP contribution in [0.1, 0.15) is 18.7 Å². The summed E-state index contributed by atoms with van der Waals surface area (Å²) in [5, 5.41) is 5.01. The van der Waals surface area contributed by atoms with E-state index in [0.717, 1.165) is 18.6 Å². The molecule has 120 valence electrons. The molecule has 0 radical (unpaired) electrons. The number of fused-ring (bicyclic) bond motifs is 2. The second-order valence-electron chi connectivity index (χ2n) is 5.69. The molecule has 0 fully saturated rings. The number of rotatable bonds is 2. The highest BCUT2D eigenvalue weighted by Gasteiger charge is 2.20. The molecule has 0 spiro atoms. The van der Waals surface area contributed by atoms with Crippen LogP contribution in [0.15, 0.2) is 58.4 Å². The molecule has 24 heavy (non-hydrogen) atoms. The third kappa shape index (κ3) is 2.56. The predicted molar refractivity (Wildman–Crippen MR) is 91.8 cm³/mol. The summed E-state index contributed by atoms with van der Waals surface area (Å²) in [6, 6.07) is 13.3. The van der Waals surface area contributed by atoms with Crippen LogP contribution in [-0.2, 0) is 6.54 Å². The van der Waals surface area contributed by atoms with Crippen molar-refractivity contribution >= 4 is 22.3 Å². The molecule has 5 nitrogen and oxygen atoms in total. The smallest absolute Gasteiger partial charge is 0.261 e. The van der Waals surface area contributed by atoms with Gasteiger partial charge in [-0.2, -0.15) is 5.10 Å². The fourth-order valence-corrected chi connectivity index (χ4v) is 2.87. The Morgan fingerprint density at radius 2 is 1.92 bits per heavy atom. The van der Waals surface area contributed by atoms with E-state index in [4.69, 9.17) is 0 Å². The van der Waals surface area contributed by atoms with Crippen molar-refractivity contribution in [3.05, 3.63) is 70.5 Å². The van der Waals surface area contributed by atoms with Crippen molar-refractivity contribution in [3.63, 3.8) is 0 Å². The summed E-state index contributed by atoms with van der Waals surface area (Å²) in [5.41, 5.74) is 4.96. The first-order valence-corrected chi connectivity index (χ1v) is 7.80. The largest absolute Gasteiger partial charge is 0.291 e. The number of para-hydroxylation sites is 1. The fraction of sp³-hybridized carbons (Fsp3) is 0.167. The van der Waals surface area contributed by atoms with Crippen molar-refractivity contribution in [3.8, 4) is 0 Å². The summed E-state index contributed by atoms with van der Waals surface area (Å²) in [5.74, 6) is 0.301. The molecule has 1 aliphatic heterocycles. The van der Waals surface area contributed by atoms with Crippen molar-refractivity contribution in [2.75, 3.05) is 5.43 Å². The molecule has 1 aliphatic rings. The Balaban J connectivity index is 1.76. The average molecular weight is 322 g/mol. The molecular weight excluding hydrogens is 307 g/mol. The molecule has 1 N–H and O–H groups in total.